The van der Waals surface area contributed by atoms with Crippen LogP contribution in [0.25, 0.3) is 77.0 Å². The lowest BCUT2D eigenvalue weighted by Crippen LogP contribution is -2.03. The number of hydrogen-bond donors (Lipinski definition) is 0. The lowest BCUT2D eigenvalue weighted by Gasteiger charge is -2.13. The van der Waals surface area contributed by atoms with Gasteiger partial charge in [-0.3, -0.25) is 4.57 Å². The zero-order chi connectivity index (χ0) is 28.3. The van der Waals surface area contributed by atoms with E-state index in [9.17, 15) is 0 Å². The average Bonchev–Trinajstić information content (AvgIpc) is 3.44. The number of nitrogens with zero attached hydrogens (tertiary/aromatic N) is 3. The van der Waals surface area contributed by atoms with Gasteiger partial charge in [0.1, 0.15) is 0 Å². The van der Waals surface area contributed by atoms with Crippen molar-refractivity contribution in [1.29, 1.82) is 0 Å². The molecule has 6 aromatic carbocycles. The maximum Gasteiger partial charge on any atom is 0.235 e. The molecule has 1 aliphatic carbocycles. The van der Waals surface area contributed by atoms with Gasteiger partial charge in [-0.25, -0.2) is 9.97 Å². The number of hydrogen-bond acceptors (Lipinski definition) is 2. The molecule has 3 nitrogen and oxygen atoms in total. The summed E-state index contributed by atoms with van der Waals surface area (Å²) < 4.78 is 2.28. The maximum absolute atomic E-state index is 5.37. The molecule has 0 N–H and O–H groups in total. The number of fused-ring (bicyclic) bond motifs is 8. The fourth-order valence-corrected chi connectivity index (χ4v) is 6.79. The topological polar surface area (TPSA) is 30.7 Å². The Morgan fingerprint density at radius 1 is 0.535 bits per heavy atom. The van der Waals surface area contributed by atoms with Crippen molar-refractivity contribution in [2.75, 3.05) is 0 Å². The Kier molecular flexibility index (Phi) is 5.32. The van der Waals surface area contributed by atoms with Crippen molar-refractivity contribution in [3.8, 4) is 17.2 Å². The van der Waals surface area contributed by atoms with Crippen LogP contribution in [0, 0.1) is 0 Å². The summed E-state index contributed by atoms with van der Waals surface area (Å²) in [6.07, 6.45) is 9.02. The highest BCUT2D eigenvalue weighted by Crippen LogP contribution is 2.40. The monoisotopic (exact) mass is 549 g/mol. The summed E-state index contributed by atoms with van der Waals surface area (Å²) in [5.74, 6) is 0.683. The summed E-state index contributed by atoms with van der Waals surface area (Å²) in [7, 11) is 0. The van der Waals surface area contributed by atoms with Crippen LogP contribution < -0.4 is 0 Å². The summed E-state index contributed by atoms with van der Waals surface area (Å²) in [6, 6.07) is 43.4. The van der Waals surface area contributed by atoms with Gasteiger partial charge >= 0.3 is 0 Å². The minimum Gasteiger partial charge on any atom is -0.277 e. The van der Waals surface area contributed by atoms with E-state index in [0.29, 0.717) is 5.95 Å². The molecule has 0 amide bonds. The number of rotatable bonds is 3. The fraction of sp³-hybridized carbons (Fsp3) is 0.0500. The predicted octanol–water partition coefficient (Wildman–Crippen LogP) is 10.4. The van der Waals surface area contributed by atoms with Gasteiger partial charge in [-0.05, 0) is 52.3 Å². The first-order chi connectivity index (χ1) is 21.3. The van der Waals surface area contributed by atoms with Crippen LogP contribution >= 0.6 is 0 Å². The molecule has 0 atom stereocenters. The summed E-state index contributed by atoms with van der Waals surface area (Å²) in [6.45, 7) is 0. The Morgan fingerprint density at radius 2 is 1.23 bits per heavy atom. The van der Waals surface area contributed by atoms with Gasteiger partial charge in [-0.15, -0.1) is 0 Å². The first-order valence-electron chi connectivity index (χ1n) is 14.9. The molecule has 0 aliphatic heterocycles. The number of allylic oxidation sites excluding steroid dienone is 4. The fourth-order valence-electron chi connectivity index (χ4n) is 6.79. The van der Waals surface area contributed by atoms with Crippen molar-refractivity contribution in [3.05, 3.63) is 145 Å². The lowest BCUT2D eigenvalue weighted by molar-refractivity contribution is 1.02. The van der Waals surface area contributed by atoms with Gasteiger partial charge < -0.3 is 0 Å². The third kappa shape index (κ3) is 3.75. The summed E-state index contributed by atoms with van der Waals surface area (Å²) in [4.78, 5) is 10.6. The second-order valence-corrected chi connectivity index (χ2v) is 11.3. The van der Waals surface area contributed by atoms with E-state index in [-0.39, 0.29) is 0 Å². The predicted molar refractivity (Wildman–Crippen MR) is 181 cm³/mol. The van der Waals surface area contributed by atoms with Crippen LogP contribution in [0.5, 0.6) is 0 Å². The molecule has 2 heterocycles. The van der Waals surface area contributed by atoms with Gasteiger partial charge in [-0.1, -0.05) is 127 Å². The maximum atomic E-state index is 5.37. The van der Waals surface area contributed by atoms with E-state index in [4.69, 9.17) is 9.97 Å². The molecule has 202 valence electrons. The van der Waals surface area contributed by atoms with E-state index in [1.165, 1.54) is 43.5 Å². The van der Waals surface area contributed by atoms with Crippen LogP contribution in [0.15, 0.2) is 140 Å². The lowest BCUT2D eigenvalue weighted by atomic mass is 9.97. The first kappa shape index (κ1) is 24.1. The van der Waals surface area contributed by atoms with Crippen molar-refractivity contribution in [2.24, 2.45) is 0 Å². The molecule has 0 fully saturated rings. The minimum absolute atomic E-state index is 0.683. The summed E-state index contributed by atoms with van der Waals surface area (Å²) in [5, 5.41) is 8.35. The minimum atomic E-state index is 0.683. The molecule has 0 saturated carbocycles. The van der Waals surface area contributed by atoms with E-state index in [0.717, 1.165) is 46.0 Å². The van der Waals surface area contributed by atoms with Gasteiger partial charge in [0.2, 0.25) is 5.95 Å². The molecule has 0 spiro atoms. The molecular weight excluding hydrogens is 522 g/mol. The summed E-state index contributed by atoms with van der Waals surface area (Å²) >= 11 is 0. The van der Waals surface area contributed by atoms with Crippen molar-refractivity contribution in [3.63, 3.8) is 0 Å². The third-order valence-electron chi connectivity index (χ3n) is 8.82. The quantitative estimate of drug-likeness (QED) is 0.219. The molecule has 8 aromatic rings. The van der Waals surface area contributed by atoms with E-state index in [1.54, 1.807) is 0 Å². The molecule has 2 aromatic heterocycles. The van der Waals surface area contributed by atoms with E-state index in [2.05, 4.69) is 144 Å². The molecule has 43 heavy (non-hydrogen) atoms. The normalized spacial score (nSPS) is 13.4. The highest BCUT2D eigenvalue weighted by Gasteiger charge is 2.20. The van der Waals surface area contributed by atoms with Crippen LogP contribution in [0.3, 0.4) is 0 Å². The zero-order valence-corrected chi connectivity index (χ0v) is 23.5. The number of para-hydroxylation sites is 1. The van der Waals surface area contributed by atoms with Crippen LogP contribution in [0.4, 0.5) is 0 Å². The third-order valence-corrected chi connectivity index (χ3v) is 8.82. The van der Waals surface area contributed by atoms with Crippen LogP contribution in [0.2, 0.25) is 0 Å². The van der Waals surface area contributed by atoms with E-state index >= 15 is 0 Å². The van der Waals surface area contributed by atoms with Crippen molar-refractivity contribution >= 4 is 59.8 Å². The Hall–Kier alpha value is -5.54. The van der Waals surface area contributed by atoms with Crippen molar-refractivity contribution in [1.82, 2.24) is 14.5 Å². The van der Waals surface area contributed by atoms with Gasteiger partial charge in [0.15, 0.2) is 0 Å². The molecular formula is C40H27N3. The number of aromatic nitrogens is 3. The standard InChI is InChI=1S/C40H27N3/c1-2-10-26(11-3-1)27-18-20-30(21-19-27)38-33-16-8-9-17-35(33)41-40(42-38)43-36-25-23-28-12-4-6-14-31(28)37(36)34-24-22-29-13-5-7-15-32(29)39(34)43/h2,4-25H,1,3H2. The van der Waals surface area contributed by atoms with Crippen LogP contribution in [-0.4, -0.2) is 14.5 Å². The molecule has 0 saturated heterocycles. The molecule has 0 radical (unpaired) electrons. The van der Waals surface area contributed by atoms with Gasteiger partial charge in [-0.2, -0.15) is 0 Å². The molecule has 1 aliphatic rings. The zero-order valence-electron chi connectivity index (χ0n) is 23.5. The molecule has 3 heteroatoms. The molecule has 0 bridgehead atoms. The van der Waals surface area contributed by atoms with E-state index < -0.39 is 0 Å². The van der Waals surface area contributed by atoms with Crippen LogP contribution in [-0.2, 0) is 0 Å². The van der Waals surface area contributed by atoms with E-state index in [1.807, 2.05) is 0 Å². The van der Waals surface area contributed by atoms with Gasteiger partial charge in [0.25, 0.3) is 0 Å². The van der Waals surface area contributed by atoms with Crippen molar-refractivity contribution < 1.29 is 0 Å². The number of benzene rings is 6. The Balaban J connectivity index is 1.36. The largest absolute Gasteiger partial charge is 0.277 e. The second-order valence-electron chi connectivity index (χ2n) is 11.3. The summed E-state index contributed by atoms with van der Waals surface area (Å²) in [5.41, 5.74) is 7.72. The highest BCUT2D eigenvalue weighted by atomic mass is 15.2. The first-order valence-corrected chi connectivity index (χ1v) is 14.9. The second kappa shape index (κ2) is 9.50. The highest BCUT2D eigenvalue weighted by molar-refractivity contribution is 6.25. The smallest absolute Gasteiger partial charge is 0.235 e. The van der Waals surface area contributed by atoms with Gasteiger partial charge in [0.05, 0.1) is 22.2 Å². The average molecular weight is 550 g/mol. The van der Waals surface area contributed by atoms with Crippen molar-refractivity contribution in [2.45, 2.75) is 12.8 Å². The molecule has 0 unspecified atom stereocenters. The SMILES string of the molecule is C1=CC(c2ccc(-c3nc(-n4c5ccc6ccccc6c5c5ccc6ccccc6c54)nc4ccccc34)cc2)=CCC1. The Morgan fingerprint density at radius 3 is 2.05 bits per heavy atom. The molecule has 9 rings (SSSR count). The van der Waals surface area contributed by atoms with Gasteiger partial charge in [0, 0.05) is 27.1 Å². The Bertz CT molecular complexity index is 2440. The Labute approximate surface area is 249 Å². The van der Waals surface area contributed by atoms with Crippen LogP contribution in [0.1, 0.15) is 18.4 Å².